The zero-order chi connectivity index (χ0) is 11.6. The number of aromatic nitrogens is 1. The highest BCUT2D eigenvalue weighted by molar-refractivity contribution is 5.62. The van der Waals surface area contributed by atoms with Gasteiger partial charge < -0.3 is 5.11 Å². The molecule has 81 valence electrons. The fourth-order valence-electron chi connectivity index (χ4n) is 1.56. The van der Waals surface area contributed by atoms with Crippen molar-refractivity contribution in [2.75, 3.05) is 0 Å². The van der Waals surface area contributed by atoms with E-state index in [2.05, 4.69) is 11.2 Å². The van der Waals surface area contributed by atoms with Gasteiger partial charge in [0.15, 0.2) is 0 Å². The van der Waals surface area contributed by atoms with E-state index in [1.165, 1.54) is 0 Å². The van der Waals surface area contributed by atoms with Gasteiger partial charge in [0.05, 0.1) is 11.8 Å². The van der Waals surface area contributed by atoms with E-state index in [0.29, 0.717) is 0 Å². The first kappa shape index (κ1) is 10.8. The summed E-state index contributed by atoms with van der Waals surface area (Å²) in [5.41, 5.74) is 2.27. The summed E-state index contributed by atoms with van der Waals surface area (Å²) >= 11 is 0. The van der Waals surface area contributed by atoms with Crippen LogP contribution in [-0.2, 0) is 5.60 Å². The van der Waals surface area contributed by atoms with Gasteiger partial charge >= 0.3 is 0 Å². The number of pyridine rings is 1. The van der Waals surface area contributed by atoms with Crippen molar-refractivity contribution >= 4 is 0 Å². The van der Waals surface area contributed by atoms with Crippen LogP contribution in [0.4, 0.5) is 0 Å². The van der Waals surface area contributed by atoms with Crippen molar-refractivity contribution in [3.8, 4) is 11.1 Å². The summed E-state index contributed by atoms with van der Waals surface area (Å²) in [5.74, 6) is 0. The second-order valence-corrected chi connectivity index (χ2v) is 4.31. The highest BCUT2D eigenvalue weighted by Crippen LogP contribution is 2.23. The van der Waals surface area contributed by atoms with E-state index in [9.17, 15) is 5.11 Å². The van der Waals surface area contributed by atoms with Gasteiger partial charge in [-0.05, 0) is 31.0 Å². The molecule has 0 bridgehead atoms. The van der Waals surface area contributed by atoms with Gasteiger partial charge in [-0.15, -0.1) is 0 Å². The summed E-state index contributed by atoms with van der Waals surface area (Å²) in [7, 11) is 0. The van der Waals surface area contributed by atoms with Crippen LogP contribution in [0, 0.1) is 6.20 Å². The second kappa shape index (κ2) is 4.06. The van der Waals surface area contributed by atoms with Crippen molar-refractivity contribution in [1.82, 2.24) is 4.98 Å². The van der Waals surface area contributed by atoms with Gasteiger partial charge in [-0.25, -0.2) is 0 Å². The maximum atomic E-state index is 9.83. The lowest BCUT2D eigenvalue weighted by molar-refractivity contribution is 0.0786. The molecule has 0 amide bonds. The number of hydrogen-bond acceptors (Lipinski definition) is 2. The van der Waals surface area contributed by atoms with Gasteiger partial charge in [-0.2, -0.15) is 0 Å². The van der Waals surface area contributed by atoms with Crippen LogP contribution in [0.3, 0.4) is 0 Å². The monoisotopic (exact) mass is 212 g/mol. The Labute approximate surface area is 95.6 Å². The van der Waals surface area contributed by atoms with E-state index >= 15 is 0 Å². The first-order chi connectivity index (χ1) is 7.57. The maximum absolute atomic E-state index is 9.83. The summed E-state index contributed by atoms with van der Waals surface area (Å²) in [5, 5.41) is 9.83. The van der Waals surface area contributed by atoms with Gasteiger partial charge in [-0.1, -0.05) is 30.3 Å². The number of benzene rings is 1. The smallest absolute Gasteiger partial charge is 0.0886 e. The van der Waals surface area contributed by atoms with E-state index < -0.39 is 5.60 Å². The molecule has 1 aromatic carbocycles. The SMILES string of the molecule is CC(C)(O)c1ccc(-c2cc[c]nc2)cc1. The predicted molar refractivity (Wildman–Crippen MR) is 63.8 cm³/mol. The second-order valence-electron chi connectivity index (χ2n) is 4.31. The topological polar surface area (TPSA) is 33.1 Å². The Morgan fingerprint density at radius 3 is 2.25 bits per heavy atom. The minimum Gasteiger partial charge on any atom is -0.386 e. The Hall–Kier alpha value is -1.67. The van der Waals surface area contributed by atoms with E-state index in [1.54, 1.807) is 26.1 Å². The molecule has 0 fully saturated rings. The molecule has 0 aliphatic rings. The molecule has 1 heterocycles. The fraction of sp³-hybridized carbons (Fsp3) is 0.214. The fourth-order valence-corrected chi connectivity index (χ4v) is 1.56. The van der Waals surface area contributed by atoms with Gasteiger partial charge in [0, 0.05) is 11.8 Å². The van der Waals surface area contributed by atoms with Crippen LogP contribution < -0.4 is 0 Å². The summed E-state index contributed by atoms with van der Waals surface area (Å²) in [4.78, 5) is 3.96. The third kappa shape index (κ3) is 2.28. The largest absolute Gasteiger partial charge is 0.386 e. The Bertz CT molecular complexity index is 454. The molecule has 2 rings (SSSR count). The van der Waals surface area contributed by atoms with Crippen LogP contribution in [0.1, 0.15) is 19.4 Å². The molecule has 0 atom stereocenters. The molecule has 1 N–H and O–H groups in total. The Morgan fingerprint density at radius 1 is 1.06 bits per heavy atom. The molecule has 2 aromatic rings. The lowest BCUT2D eigenvalue weighted by atomic mass is 9.96. The molecule has 0 unspecified atom stereocenters. The van der Waals surface area contributed by atoms with Crippen molar-refractivity contribution < 1.29 is 5.11 Å². The first-order valence-electron chi connectivity index (χ1n) is 5.23. The molecular formula is C14H14NO. The predicted octanol–water partition coefficient (Wildman–Crippen LogP) is 2.78. The maximum Gasteiger partial charge on any atom is 0.0886 e. The summed E-state index contributed by atoms with van der Waals surface area (Å²) in [6.07, 6.45) is 4.53. The lowest BCUT2D eigenvalue weighted by Crippen LogP contribution is -2.14. The van der Waals surface area contributed by atoms with Gasteiger partial charge in [0.25, 0.3) is 0 Å². The number of aliphatic hydroxyl groups is 1. The zero-order valence-corrected chi connectivity index (χ0v) is 9.44. The van der Waals surface area contributed by atoms with Crippen molar-refractivity contribution in [3.63, 3.8) is 0 Å². The van der Waals surface area contributed by atoms with E-state index in [4.69, 9.17) is 0 Å². The van der Waals surface area contributed by atoms with Crippen molar-refractivity contribution in [1.29, 1.82) is 0 Å². The number of hydrogen-bond donors (Lipinski definition) is 1. The standard InChI is InChI=1S/C14H14NO/c1-14(2,16)13-7-5-11(6-8-13)12-4-3-9-15-10-12/h3-8,10,16H,1-2H3. The van der Waals surface area contributed by atoms with E-state index in [1.807, 2.05) is 30.3 Å². The van der Waals surface area contributed by atoms with Crippen LogP contribution in [0.5, 0.6) is 0 Å². The molecule has 16 heavy (non-hydrogen) atoms. The summed E-state index contributed by atoms with van der Waals surface area (Å²) in [6, 6.07) is 11.6. The van der Waals surface area contributed by atoms with Gasteiger partial charge in [0.2, 0.25) is 0 Å². The Balaban J connectivity index is 2.34. The molecule has 0 saturated carbocycles. The quantitative estimate of drug-likeness (QED) is 0.830. The third-order valence-electron chi connectivity index (χ3n) is 2.54. The van der Waals surface area contributed by atoms with Crippen molar-refractivity contribution in [2.24, 2.45) is 0 Å². The molecule has 2 heteroatoms. The van der Waals surface area contributed by atoms with Gasteiger partial charge in [-0.3, -0.25) is 4.98 Å². The average Bonchev–Trinajstić information content (AvgIpc) is 2.29. The van der Waals surface area contributed by atoms with Crippen LogP contribution in [-0.4, -0.2) is 10.1 Å². The number of rotatable bonds is 2. The molecule has 0 aliphatic heterocycles. The molecule has 2 nitrogen and oxygen atoms in total. The number of nitrogens with zero attached hydrogens (tertiary/aromatic N) is 1. The van der Waals surface area contributed by atoms with Crippen LogP contribution in [0.25, 0.3) is 11.1 Å². The van der Waals surface area contributed by atoms with E-state index in [-0.39, 0.29) is 0 Å². The molecular weight excluding hydrogens is 198 g/mol. The lowest BCUT2D eigenvalue weighted by Gasteiger charge is -2.17. The third-order valence-corrected chi connectivity index (χ3v) is 2.54. The Kier molecular flexibility index (Phi) is 2.75. The van der Waals surface area contributed by atoms with Crippen molar-refractivity contribution in [3.05, 3.63) is 54.4 Å². The normalized spacial score (nSPS) is 11.4. The minimum absolute atomic E-state index is 0.790. The molecule has 0 spiro atoms. The van der Waals surface area contributed by atoms with Crippen molar-refractivity contribution in [2.45, 2.75) is 19.4 Å². The van der Waals surface area contributed by atoms with Crippen LogP contribution in [0.15, 0.2) is 42.6 Å². The molecule has 0 aliphatic carbocycles. The molecule has 1 radical (unpaired) electrons. The average molecular weight is 212 g/mol. The van der Waals surface area contributed by atoms with E-state index in [0.717, 1.165) is 16.7 Å². The zero-order valence-electron chi connectivity index (χ0n) is 9.44. The Morgan fingerprint density at radius 2 is 1.75 bits per heavy atom. The van der Waals surface area contributed by atoms with Crippen LogP contribution >= 0.6 is 0 Å². The highest BCUT2D eigenvalue weighted by Gasteiger charge is 2.15. The molecule has 0 saturated heterocycles. The summed E-state index contributed by atoms with van der Waals surface area (Å²) in [6.45, 7) is 3.56. The van der Waals surface area contributed by atoms with Crippen LogP contribution in [0.2, 0.25) is 0 Å². The highest BCUT2D eigenvalue weighted by atomic mass is 16.3. The first-order valence-corrected chi connectivity index (χ1v) is 5.23. The minimum atomic E-state index is -0.790. The summed E-state index contributed by atoms with van der Waals surface area (Å²) < 4.78 is 0. The van der Waals surface area contributed by atoms with Gasteiger partial charge in [0.1, 0.15) is 0 Å². The molecule has 1 aromatic heterocycles.